The van der Waals surface area contributed by atoms with Gasteiger partial charge in [-0.1, -0.05) is 0 Å². The maximum absolute atomic E-state index is 10.5. The molecule has 1 amide bonds. The third-order valence-corrected chi connectivity index (χ3v) is 1.96. The second kappa shape index (κ2) is 6.33. The van der Waals surface area contributed by atoms with E-state index in [1.807, 2.05) is 6.92 Å². The van der Waals surface area contributed by atoms with Gasteiger partial charge in [0.2, 0.25) is 17.6 Å². The quantitative estimate of drug-likeness (QED) is 0.608. The minimum atomic E-state index is 0.210. The summed E-state index contributed by atoms with van der Waals surface area (Å²) in [5.74, 6) is 0.804. The van der Waals surface area contributed by atoms with Crippen molar-refractivity contribution in [3.8, 4) is 11.5 Å². The molecule has 6 nitrogen and oxygen atoms in total. The van der Waals surface area contributed by atoms with Gasteiger partial charge in [0.1, 0.15) is 5.75 Å². The largest absolute Gasteiger partial charge is 0.493 e. The van der Waals surface area contributed by atoms with Crippen LogP contribution in [-0.2, 0) is 4.79 Å². The van der Waals surface area contributed by atoms with Crippen LogP contribution in [0.25, 0.3) is 4.98 Å². The van der Waals surface area contributed by atoms with Gasteiger partial charge < -0.3 is 14.8 Å². The Morgan fingerprint density at radius 2 is 2.06 bits per heavy atom. The summed E-state index contributed by atoms with van der Waals surface area (Å²) in [6.07, 6.45) is 0.523. The van der Waals surface area contributed by atoms with E-state index in [-0.39, 0.29) is 5.69 Å². The third kappa shape index (κ3) is 3.08. The number of hydrogen-bond acceptors (Lipinski definition) is 4. The zero-order chi connectivity index (χ0) is 12.7. The Kier molecular flexibility index (Phi) is 4.76. The number of ether oxygens (including phenoxy) is 2. The number of amides is 1. The van der Waals surface area contributed by atoms with E-state index in [4.69, 9.17) is 14.9 Å². The molecule has 0 aliphatic carbocycles. The number of nitrogens with one attached hydrogen (secondary N) is 1. The Hall–Kier alpha value is -2.29. The van der Waals surface area contributed by atoms with Crippen LogP contribution in [-0.4, -0.2) is 19.6 Å². The lowest BCUT2D eigenvalue weighted by Gasteiger charge is -2.09. The highest BCUT2D eigenvalue weighted by molar-refractivity contribution is 5.82. The third-order valence-electron chi connectivity index (χ3n) is 1.96. The molecule has 0 aliphatic heterocycles. The number of anilines is 1. The molecule has 1 aromatic rings. The van der Waals surface area contributed by atoms with Crippen molar-refractivity contribution in [2.45, 2.75) is 13.8 Å². The first-order valence-electron chi connectivity index (χ1n) is 5.25. The summed E-state index contributed by atoms with van der Waals surface area (Å²) in [7, 11) is 0. The van der Waals surface area contributed by atoms with Gasteiger partial charge in [0.05, 0.1) is 25.0 Å². The monoisotopic (exact) mass is 236 g/mol. The zero-order valence-electron chi connectivity index (χ0n) is 9.77. The number of rotatable bonds is 6. The molecule has 0 heterocycles. The van der Waals surface area contributed by atoms with Gasteiger partial charge in [-0.05, 0) is 13.8 Å². The Balaban J connectivity index is 3.24. The standard InChI is InChI=1S/C11H13N3O3/c1-3-16-8-5-9(13-7-15)11(17-4-2)10(6-8)14-12/h5-7H,3-4H2,1-2H3/p+1. The first kappa shape index (κ1) is 12.8. The SMILES string of the molecule is CCOc1cc([N+]#N)c(OCC)c(NC=O)c1. The molecule has 0 bridgehead atoms. The summed E-state index contributed by atoms with van der Waals surface area (Å²) in [6, 6.07) is 3.14. The number of carbonyl (C=O) groups is 1. The van der Waals surface area contributed by atoms with Gasteiger partial charge in [-0.3, -0.25) is 4.79 Å². The summed E-state index contributed by atoms with van der Waals surface area (Å²) in [5, 5.41) is 11.4. The molecule has 17 heavy (non-hydrogen) atoms. The van der Waals surface area contributed by atoms with E-state index in [2.05, 4.69) is 10.3 Å². The summed E-state index contributed by atoms with van der Waals surface area (Å²) in [5.41, 5.74) is 0.614. The Morgan fingerprint density at radius 3 is 2.59 bits per heavy atom. The normalized spacial score (nSPS) is 9.24. The molecule has 0 saturated carbocycles. The second-order valence-electron chi connectivity index (χ2n) is 3.05. The predicted octanol–water partition coefficient (Wildman–Crippen LogP) is 2.54. The zero-order valence-corrected chi connectivity index (χ0v) is 9.77. The van der Waals surface area contributed by atoms with Crippen LogP contribution in [0.1, 0.15) is 13.8 Å². The molecule has 1 rings (SSSR count). The highest BCUT2D eigenvalue weighted by atomic mass is 16.5. The molecule has 1 N–H and O–H groups in total. The van der Waals surface area contributed by atoms with Crippen LogP contribution in [0.5, 0.6) is 11.5 Å². The molecular weight excluding hydrogens is 222 g/mol. The van der Waals surface area contributed by atoms with Gasteiger partial charge in [0.15, 0.2) is 4.98 Å². The average molecular weight is 236 g/mol. The summed E-state index contributed by atoms with van der Waals surface area (Å²) in [4.78, 5) is 13.6. The maximum atomic E-state index is 10.5. The molecule has 0 unspecified atom stereocenters. The van der Waals surface area contributed by atoms with Crippen LogP contribution in [0.3, 0.4) is 0 Å². The first-order valence-corrected chi connectivity index (χ1v) is 5.25. The van der Waals surface area contributed by atoms with Gasteiger partial charge in [-0.2, -0.15) is 0 Å². The Labute approximate surface area is 99.2 Å². The molecule has 0 saturated heterocycles. The van der Waals surface area contributed by atoms with E-state index in [1.165, 1.54) is 6.07 Å². The van der Waals surface area contributed by atoms with Crippen molar-refractivity contribution in [1.82, 2.24) is 0 Å². The lowest BCUT2D eigenvalue weighted by atomic mass is 10.2. The van der Waals surface area contributed by atoms with Gasteiger partial charge in [0.25, 0.3) is 0 Å². The van der Waals surface area contributed by atoms with E-state index in [1.54, 1.807) is 13.0 Å². The average Bonchev–Trinajstić information content (AvgIpc) is 2.33. The topological polar surface area (TPSA) is 75.7 Å². The lowest BCUT2D eigenvalue weighted by Crippen LogP contribution is -2.01. The van der Waals surface area contributed by atoms with E-state index < -0.39 is 0 Å². The van der Waals surface area contributed by atoms with Gasteiger partial charge >= 0.3 is 5.69 Å². The fourth-order valence-electron chi connectivity index (χ4n) is 1.38. The van der Waals surface area contributed by atoms with Crippen molar-refractivity contribution < 1.29 is 14.3 Å². The lowest BCUT2D eigenvalue weighted by molar-refractivity contribution is -0.105. The number of hydrogen-bond donors (Lipinski definition) is 1. The number of benzene rings is 1. The number of nitrogens with zero attached hydrogens (tertiary/aromatic N) is 2. The Bertz CT molecular complexity index is 440. The van der Waals surface area contributed by atoms with Crippen molar-refractivity contribution in [2.24, 2.45) is 0 Å². The van der Waals surface area contributed by atoms with Crippen LogP contribution in [0.2, 0.25) is 0 Å². The molecule has 0 fully saturated rings. The predicted molar refractivity (Wildman–Crippen MR) is 63.2 cm³/mol. The fourth-order valence-corrected chi connectivity index (χ4v) is 1.38. The van der Waals surface area contributed by atoms with Gasteiger partial charge in [-0.15, -0.1) is 0 Å². The van der Waals surface area contributed by atoms with E-state index in [0.29, 0.717) is 36.8 Å². The van der Waals surface area contributed by atoms with Gasteiger partial charge in [0, 0.05) is 6.07 Å². The minimum absolute atomic E-state index is 0.210. The summed E-state index contributed by atoms with van der Waals surface area (Å²) in [6.45, 7) is 4.49. The van der Waals surface area contributed by atoms with Crippen molar-refractivity contribution in [1.29, 1.82) is 5.39 Å². The van der Waals surface area contributed by atoms with Crippen molar-refractivity contribution >= 4 is 17.8 Å². The summed E-state index contributed by atoms with van der Waals surface area (Å²) >= 11 is 0. The molecule has 0 aromatic heterocycles. The highest BCUT2D eigenvalue weighted by Crippen LogP contribution is 2.39. The number of carbonyl (C=O) groups excluding carboxylic acids is 1. The number of diazo groups is 1. The van der Waals surface area contributed by atoms with E-state index in [0.717, 1.165) is 0 Å². The van der Waals surface area contributed by atoms with Gasteiger partial charge in [-0.25, -0.2) is 0 Å². The van der Waals surface area contributed by atoms with Crippen LogP contribution in [0, 0.1) is 5.39 Å². The molecule has 0 radical (unpaired) electrons. The van der Waals surface area contributed by atoms with Crippen LogP contribution < -0.4 is 14.8 Å². The molecule has 0 aliphatic rings. The minimum Gasteiger partial charge on any atom is -0.493 e. The molecule has 1 aromatic carbocycles. The smallest absolute Gasteiger partial charge is 0.432 e. The van der Waals surface area contributed by atoms with Crippen molar-refractivity contribution in [3.05, 3.63) is 17.1 Å². The van der Waals surface area contributed by atoms with Crippen LogP contribution >= 0.6 is 0 Å². The van der Waals surface area contributed by atoms with E-state index in [9.17, 15) is 4.79 Å². The molecule has 90 valence electrons. The first-order chi connectivity index (χ1) is 8.26. The summed E-state index contributed by atoms with van der Waals surface area (Å²) < 4.78 is 10.6. The van der Waals surface area contributed by atoms with Crippen LogP contribution in [0.4, 0.5) is 11.4 Å². The van der Waals surface area contributed by atoms with Crippen molar-refractivity contribution in [3.63, 3.8) is 0 Å². The van der Waals surface area contributed by atoms with E-state index >= 15 is 0 Å². The van der Waals surface area contributed by atoms with Crippen LogP contribution in [0.15, 0.2) is 12.1 Å². The molecular formula is C11H14N3O3+. The maximum Gasteiger partial charge on any atom is 0.432 e. The fraction of sp³-hybridized carbons (Fsp3) is 0.364. The highest BCUT2D eigenvalue weighted by Gasteiger charge is 2.22. The molecule has 0 spiro atoms. The molecule has 6 heteroatoms. The molecule has 0 atom stereocenters. The van der Waals surface area contributed by atoms with Crippen molar-refractivity contribution in [2.75, 3.05) is 18.5 Å². The Morgan fingerprint density at radius 1 is 1.35 bits per heavy atom. The second-order valence-corrected chi connectivity index (χ2v) is 3.05.